The SMILES string of the molecule is OC(Cc1nnco1)c1cc(CC(F)C(F)CF)ccc1F. The summed E-state index contributed by atoms with van der Waals surface area (Å²) in [5, 5.41) is 17.0. The van der Waals surface area contributed by atoms with Gasteiger partial charge < -0.3 is 9.52 Å². The molecule has 0 amide bonds. The summed E-state index contributed by atoms with van der Waals surface area (Å²) in [4.78, 5) is 0. The molecule has 8 heteroatoms. The van der Waals surface area contributed by atoms with E-state index >= 15 is 0 Å². The van der Waals surface area contributed by atoms with Gasteiger partial charge in [0.25, 0.3) is 0 Å². The number of aliphatic hydroxyl groups is 1. The molecule has 0 spiro atoms. The second-order valence-electron chi connectivity index (χ2n) is 4.80. The maximum absolute atomic E-state index is 13.8. The highest BCUT2D eigenvalue weighted by atomic mass is 19.2. The van der Waals surface area contributed by atoms with E-state index in [0.29, 0.717) is 0 Å². The van der Waals surface area contributed by atoms with Gasteiger partial charge in [-0.1, -0.05) is 12.1 Å². The van der Waals surface area contributed by atoms with Crippen molar-refractivity contribution in [1.82, 2.24) is 10.2 Å². The Balaban J connectivity index is 2.12. The van der Waals surface area contributed by atoms with Gasteiger partial charge in [-0.05, 0) is 11.6 Å². The predicted octanol–water partition coefficient (Wildman–Crippen LogP) is 2.67. The first-order valence-corrected chi connectivity index (χ1v) is 6.56. The Morgan fingerprint density at radius 3 is 2.59 bits per heavy atom. The van der Waals surface area contributed by atoms with Crippen molar-refractivity contribution in [1.29, 1.82) is 0 Å². The van der Waals surface area contributed by atoms with Gasteiger partial charge in [0.1, 0.15) is 18.7 Å². The Bertz CT molecular complexity index is 595. The van der Waals surface area contributed by atoms with Gasteiger partial charge in [-0.3, -0.25) is 0 Å². The summed E-state index contributed by atoms with van der Waals surface area (Å²) in [6.45, 7) is -1.42. The van der Waals surface area contributed by atoms with E-state index in [0.717, 1.165) is 12.5 Å². The molecule has 0 fully saturated rings. The first kappa shape index (κ1) is 16.4. The minimum atomic E-state index is -2.23. The molecule has 0 saturated carbocycles. The van der Waals surface area contributed by atoms with Gasteiger partial charge in [-0.15, -0.1) is 10.2 Å². The van der Waals surface area contributed by atoms with Crippen LogP contribution in [0.4, 0.5) is 17.6 Å². The summed E-state index contributed by atoms with van der Waals surface area (Å²) in [5.74, 6) is -0.588. The second-order valence-corrected chi connectivity index (χ2v) is 4.80. The predicted molar refractivity (Wildman–Crippen MR) is 68.8 cm³/mol. The van der Waals surface area contributed by atoms with Crippen LogP contribution >= 0.6 is 0 Å². The third kappa shape index (κ3) is 4.03. The zero-order chi connectivity index (χ0) is 16.1. The third-order valence-electron chi connectivity index (χ3n) is 3.16. The van der Waals surface area contributed by atoms with Crippen LogP contribution in [0.5, 0.6) is 0 Å². The second kappa shape index (κ2) is 7.35. The average molecular weight is 318 g/mol. The number of alkyl halides is 3. The smallest absolute Gasteiger partial charge is 0.219 e. The van der Waals surface area contributed by atoms with Gasteiger partial charge in [0.2, 0.25) is 12.3 Å². The summed E-state index contributed by atoms with van der Waals surface area (Å²) in [7, 11) is 0. The molecule has 1 heterocycles. The van der Waals surface area contributed by atoms with Crippen molar-refractivity contribution in [3.05, 3.63) is 47.4 Å². The van der Waals surface area contributed by atoms with E-state index in [1.54, 1.807) is 0 Å². The Morgan fingerprint density at radius 2 is 1.95 bits per heavy atom. The lowest BCUT2D eigenvalue weighted by atomic mass is 9.99. The number of nitrogens with zero attached hydrogens (tertiary/aromatic N) is 2. The van der Waals surface area contributed by atoms with Gasteiger partial charge in [-0.25, -0.2) is 17.6 Å². The fourth-order valence-electron chi connectivity index (χ4n) is 1.99. The third-order valence-corrected chi connectivity index (χ3v) is 3.16. The number of hydrogen-bond donors (Lipinski definition) is 1. The van der Waals surface area contributed by atoms with Crippen molar-refractivity contribution < 1.29 is 27.1 Å². The molecule has 3 unspecified atom stereocenters. The van der Waals surface area contributed by atoms with Crippen LogP contribution in [0.25, 0.3) is 0 Å². The average Bonchev–Trinajstić information content (AvgIpc) is 3.01. The molecular formula is C14H14F4N2O2. The van der Waals surface area contributed by atoms with E-state index in [1.807, 2.05) is 0 Å². The van der Waals surface area contributed by atoms with Crippen LogP contribution in [-0.2, 0) is 12.8 Å². The van der Waals surface area contributed by atoms with E-state index in [4.69, 9.17) is 4.42 Å². The lowest BCUT2D eigenvalue weighted by molar-refractivity contribution is 0.137. The first-order chi connectivity index (χ1) is 10.5. The molecule has 22 heavy (non-hydrogen) atoms. The summed E-state index contributed by atoms with van der Waals surface area (Å²) in [6.07, 6.45) is -4.99. The monoisotopic (exact) mass is 318 g/mol. The molecule has 120 valence electrons. The fraction of sp³-hybridized carbons (Fsp3) is 0.429. The standard InChI is InChI=1S/C14H14F4N2O2/c15-6-12(18)11(17)4-8-1-2-10(16)9(3-8)13(21)5-14-20-19-7-22-14/h1-3,7,11-13,21H,4-6H2. The lowest BCUT2D eigenvalue weighted by Gasteiger charge is -2.14. The number of rotatable bonds is 7. The van der Waals surface area contributed by atoms with E-state index in [2.05, 4.69) is 10.2 Å². The van der Waals surface area contributed by atoms with Crippen LogP contribution in [0.3, 0.4) is 0 Å². The maximum Gasteiger partial charge on any atom is 0.219 e. The molecule has 1 N–H and O–H groups in total. The maximum atomic E-state index is 13.8. The molecule has 0 aliphatic carbocycles. The quantitative estimate of drug-likeness (QED) is 0.798. The summed E-state index contributed by atoms with van der Waals surface area (Å²) in [5.41, 5.74) is 0.156. The first-order valence-electron chi connectivity index (χ1n) is 6.56. The topological polar surface area (TPSA) is 59.2 Å². The molecule has 3 atom stereocenters. The molecule has 0 aliphatic rings. The van der Waals surface area contributed by atoms with E-state index < -0.39 is 37.4 Å². The molecule has 0 saturated heterocycles. The fourth-order valence-corrected chi connectivity index (χ4v) is 1.99. The molecule has 1 aromatic heterocycles. The Kier molecular flexibility index (Phi) is 5.48. The molecule has 0 radical (unpaired) electrons. The van der Waals surface area contributed by atoms with Crippen LogP contribution < -0.4 is 0 Å². The minimum absolute atomic E-state index is 0.0986. The number of aromatic nitrogens is 2. The molecular weight excluding hydrogens is 304 g/mol. The zero-order valence-corrected chi connectivity index (χ0v) is 11.4. The number of halogens is 4. The number of aliphatic hydroxyl groups excluding tert-OH is 1. The van der Waals surface area contributed by atoms with Crippen LogP contribution in [0.1, 0.15) is 23.1 Å². The largest absolute Gasteiger partial charge is 0.428 e. The number of hydrogen-bond acceptors (Lipinski definition) is 4. The van der Waals surface area contributed by atoms with Gasteiger partial charge >= 0.3 is 0 Å². The molecule has 2 rings (SSSR count). The molecule has 4 nitrogen and oxygen atoms in total. The van der Waals surface area contributed by atoms with Crippen molar-refractivity contribution in [2.45, 2.75) is 31.3 Å². The lowest BCUT2D eigenvalue weighted by Crippen LogP contribution is -2.21. The Labute approximate surface area is 123 Å². The van der Waals surface area contributed by atoms with Crippen molar-refractivity contribution in [3.63, 3.8) is 0 Å². The van der Waals surface area contributed by atoms with Gasteiger partial charge in [0.15, 0.2) is 6.17 Å². The highest BCUT2D eigenvalue weighted by molar-refractivity contribution is 5.28. The molecule has 0 bridgehead atoms. The molecule has 2 aromatic rings. The summed E-state index contributed by atoms with van der Waals surface area (Å²) >= 11 is 0. The summed E-state index contributed by atoms with van der Waals surface area (Å²) in [6, 6.07) is 3.51. The zero-order valence-electron chi connectivity index (χ0n) is 11.4. The van der Waals surface area contributed by atoms with E-state index in [9.17, 15) is 22.7 Å². The summed E-state index contributed by atoms with van der Waals surface area (Å²) < 4.78 is 57.0. The van der Waals surface area contributed by atoms with Crippen molar-refractivity contribution in [3.8, 4) is 0 Å². The van der Waals surface area contributed by atoms with Crippen LogP contribution in [0, 0.1) is 5.82 Å². The van der Waals surface area contributed by atoms with Crippen molar-refractivity contribution in [2.24, 2.45) is 0 Å². The normalized spacial score (nSPS) is 15.5. The van der Waals surface area contributed by atoms with Gasteiger partial charge in [0, 0.05) is 12.0 Å². The van der Waals surface area contributed by atoms with Gasteiger partial charge in [0.05, 0.1) is 12.5 Å². The van der Waals surface area contributed by atoms with E-state index in [-0.39, 0.29) is 23.4 Å². The highest BCUT2D eigenvalue weighted by Crippen LogP contribution is 2.23. The minimum Gasteiger partial charge on any atom is -0.428 e. The van der Waals surface area contributed by atoms with Crippen LogP contribution in [0.2, 0.25) is 0 Å². The molecule has 0 aliphatic heterocycles. The van der Waals surface area contributed by atoms with Crippen molar-refractivity contribution in [2.75, 3.05) is 6.67 Å². The molecule has 1 aromatic carbocycles. The van der Waals surface area contributed by atoms with Crippen LogP contribution in [0.15, 0.2) is 29.0 Å². The van der Waals surface area contributed by atoms with Gasteiger partial charge in [-0.2, -0.15) is 0 Å². The number of benzene rings is 1. The van der Waals surface area contributed by atoms with Crippen LogP contribution in [-0.4, -0.2) is 34.3 Å². The highest BCUT2D eigenvalue weighted by Gasteiger charge is 2.22. The Morgan fingerprint density at radius 1 is 1.18 bits per heavy atom. The van der Waals surface area contributed by atoms with Crippen molar-refractivity contribution >= 4 is 0 Å². The Hall–Kier alpha value is -1.96. The van der Waals surface area contributed by atoms with E-state index in [1.165, 1.54) is 12.1 Å².